The van der Waals surface area contributed by atoms with Gasteiger partial charge in [-0.1, -0.05) is 44.2 Å². The molecule has 134 valence electrons. The average Bonchev–Trinajstić information content (AvgIpc) is 3.04. The second kappa shape index (κ2) is 7.39. The lowest BCUT2D eigenvalue weighted by atomic mass is 9.96. The maximum absolute atomic E-state index is 12.9. The van der Waals surface area contributed by atoms with Crippen LogP contribution < -0.4 is 5.32 Å². The Morgan fingerprint density at radius 1 is 1.19 bits per heavy atom. The lowest BCUT2D eigenvalue weighted by Crippen LogP contribution is -2.29. The van der Waals surface area contributed by atoms with Gasteiger partial charge in [-0.05, 0) is 24.0 Å². The van der Waals surface area contributed by atoms with Gasteiger partial charge in [-0.3, -0.25) is 14.9 Å². The number of non-ortho nitro benzene ring substituents is 1. The van der Waals surface area contributed by atoms with E-state index < -0.39 is 4.92 Å². The van der Waals surface area contributed by atoms with Crippen molar-refractivity contribution in [3.63, 3.8) is 0 Å². The second-order valence-corrected chi connectivity index (χ2v) is 6.76. The molecule has 3 aromatic rings. The highest BCUT2D eigenvalue weighted by Gasteiger charge is 2.20. The van der Waals surface area contributed by atoms with Gasteiger partial charge in [0, 0.05) is 29.2 Å². The Morgan fingerprint density at radius 3 is 2.58 bits per heavy atom. The molecule has 1 atom stereocenters. The third-order valence-electron chi connectivity index (χ3n) is 4.34. The maximum Gasteiger partial charge on any atom is 0.270 e. The molecule has 0 bridgehead atoms. The molecular formula is C20H21N3O3. The molecule has 6 heteroatoms. The van der Waals surface area contributed by atoms with Crippen LogP contribution in [-0.4, -0.2) is 15.8 Å². The van der Waals surface area contributed by atoms with Crippen LogP contribution in [0.25, 0.3) is 10.9 Å². The van der Waals surface area contributed by atoms with Crippen LogP contribution in [0.3, 0.4) is 0 Å². The molecule has 0 saturated heterocycles. The number of aromatic amines is 1. The van der Waals surface area contributed by atoms with Crippen molar-refractivity contribution >= 4 is 22.5 Å². The molecule has 0 saturated carbocycles. The van der Waals surface area contributed by atoms with Gasteiger partial charge in [0.25, 0.3) is 11.6 Å². The van der Waals surface area contributed by atoms with Gasteiger partial charge in [-0.2, -0.15) is 0 Å². The number of rotatable bonds is 6. The van der Waals surface area contributed by atoms with E-state index in [4.69, 9.17) is 0 Å². The van der Waals surface area contributed by atoms with Crippen molar-refractivity contribution in [1.82, 2.24) is 10.3 Å². The van der Waals surface area contributed by atoms with Crippen molar-refractivity contribution in [2.75, 3.05) is 0 Å². The van der Waals surface area contributed by atoms with Gasteiger partial charge in [0.2, 0.25) is 0 Å². The largest absolute Gasteiger partial charge is 0.360 e. The Labute approximate surface area is 151 Å². The zero-order valence-electron chi connectivity index (χ0n) is 14.7. The fourth-order valence-electron chi connectivity index (χ4n) is 3.08. The number of nitrogens with one attached hydrogen (secondary N) is 2. The zero-order chi connectivity index (χ0) is 18.7. The number of benzene rings is 2. The predicted molar refractivity (Wildman–Crippen MR) is 101 cm³/mol. The Morgan fingerprint density at radius 2 is 1.92 bits per heavy atom. The summed E-state index contributed by atoms with van der Waals surface area (Å²) in [4.78, 5) is 26.4. The molecule has 0 aliphatic carbocycles. The molecule has 0 radical (unpaired) electrons. The number of H-pyrrole nitrogens is 1. The lowest BCUT2D eigenvalue weighted by Gasteiger charge is -2.21. The predicted octanol–water partition coefficient (Wildman–Crippen LogP) is 4.59. The summed E-state index contributed by atoms with van der Waals surface area (Å²) in [6.07, 6.45) is 2.40. The molecule has 1 amide bonds. The van der Waals surface area contributed by atoms with Crippen molar-refractivity contribution in [2.45, 2.75) is 26.3 Å². The molecule has 0 spiro atoms. The number of aromatic nitrogens is 1. The highest BCUT2D eigenvalue weighted by atomic mass is 16.6. The number of carbonyl (C=O) groups excluding carboxylic acids is 1. The van der Waals surface area contributed by atoms with Crippen LogP contribution in [0.15, 0.2) is 54.7 Å². The summed E-state index contributed by atoms with van der Waals surface area (Å²) in [6, 6.07) is 14.2. The number of nitro benzene ring substituents is 1. The highest BCUT2D eigenvalue weighted by molar-refractivity contribution is 6.07. The third-order valence-corrected chi connectivity index (χ3v) is 4.34. The minimum Gasteiger partial charge on any atom is -0.360 e. The summed E-state index contributed by atoms with van der Waals surface area (Å²) in [5, 5.41) is 14.7. The molecule has 1 unspecified atom stereocenters. The molecule has 6 nitrogen and oxygen atoms in total. The molecule has 2 N–H and O–H groups in total. The van der Waals surface area contributed by atoms with Gasteiger partial charge in [-0.15, -0.1) is 0 Å². The van der Waals surface area contributed by atoms with Gasteiger partial charge in [0.15, 0.2) is 0 Å². The summed E-state index contributed by atoms with van der Waals surface area (Å²) < 4.78 is 0. The highest BCUT2D eigenvalue weighted by Crippen LogP contribution is 2.26. The van der Waals surface area contributed by atoms with E-state index in [1.165, 1.54) is 12.1 Å². The van der Waals surface area contributed by atoms with E-state index in [1.807, 2.05) is 30.3 Å². The SMILES string of the molecule is CC(C)CC(NC(=O)c1c[nH]c2ccc([N+](=O)[O-])cc12)c1ccccc1. The first kappa shape index (κ1) is 17.7. The molecule has 1 heterocycles. The van der Waals surface area contributed by atoms with E-state index in [-0.39, 0.29) is 17.6 Å². The summed E-state index contributed by atoms with van der Waals surface area (Å²) in [5.41, 5.74) is 2.11. The van der Waals surface area contributed by atoms with E-state index in [1.54, 1.807) is 12.3 Å². The van der Waals surface area contributed by atoms with Crippen LogP contribution >= 0.6 is 0 Å². The van der Waals surface area contributed by atoms with Gasteiger partial charge < -0.3 is 10.3 Å². The van der Waals surface area contributed by atoms with Gasteiger partial charge in [0.05, 0.1) is 16.5 Å². The summed E-state index contributed by atoms with van der Waals surface area (Å²) in [7, 11) is 0. The quantitative estimate of drug-likeness (QED) is 0.503. The summed E-state index contributed by atoms with van der Waals surface area (Å²) in [6.45, 7) is 4.22. The first-order valence-corrected chi connectivity index (χ1v) is 8.57. The fourth-order valence-corrected chi connectivity index (χ4v) is 3.08. The van der Waals surface area contributed by atoms with Crippen LogP contribution in [-0.2, 0) is 0 Å². The van der Waals surface area contributed by atoms with E-state index in [0.717, 1.165) is 12.0 Å². The Hall–Kier alpha value is -3.15. The number of nitro groups is 1. The average molecular weight is 351 g/mol. The third kappa shape index (κ3) is 3.74. The van der Waals surface area contributed by atoms with Crippen molar-refractivity contribution < 1.29 is 9.72 Å². The Balaban J connectivity index is 1.91. The standard InChI is InChI=1S/C20H21N3O3/c1-13(2)10-19(14-6-4-3-5-7-14)22-20(24)17-12-21-18-9-8-15(23(25)26)11-16(17)18/h3-9,11-13,19,21H,10H2,1-2H3,(H,22,24). The van der Waals surface area contributed by atoms with E-state index >= 15 is 0 Å². The van der Waals surface area contributed by atoms with Crippen LogP contribution in [0.2, 0.25) is 0 Å². The van der Waals surface area contributed by atoms with Crippen molar-refractivity contribution in [3.05, 3.63) is 76.0 Å². The molecule has 2 aromatic carbocycles. The van der Waals surface area contributed by atoms with Gasteiger partial charge in [0.1, 0.15) is 0 Å². The van der Waals surface area contributed by atoms with E-state index in [2.05, 4.69) is 24.1 Å². The second-order valence-electron chi connectivity index (χ2n) is 6.76. The first-order chi connectivity index (χ1) is 12.5. The number of carbonyl (C=O) groups is 1. The topological polar surface area (TPSA) is 88.0 Å². The minimum absolute atomic E-state index is 0.0343. The number of fused-ring (bicyclic) bond motifs is 1. The van der Waals surface area contributed by atoms with Crippen molar-refractivity contribution in [3.8, 4) is 0 Å². The van der Waals surface area contributed by atoms with Crippen LogP contribution in [0.4, 0.5) is 5.69 Å². The molecule has 0 fully saturated rings. The summed E-state index contributed by atoms with van der Waals surface area (Å²) in [5.74, 6) is 0.163. The maximum atomic E-state index is 12.9. The number of hydrogen-bond donors (Lipinski definition) is 2. The number of hydrogen-bond acceptors (Lipinski definition) is 3. The van der Waals surface area contributed by atoms with E-state index in [9.17, 15) is 14.9 Å². The van der Waals surface area contributed by atoms with Gasteiger partial charge in [-0.25, -0.2) is 0 Å². The zero-order valence-corrected chi connectivity index (χ0v) is 14.7. The molecule has 0 aliphatic heterocycles. The minimum atomic E-state index is -0.459. The lowest BCUT2D eigenvalue weighted by molar-refractivity contribution is -0.384. The van der Waals surface area contributed by atoms with Gasteiger partial charge >= 0.3 is 0 Å². The molecular weight excluding hydrogens is 330 g/mol. The van der Waals surface area contributed by atoms with Crippen molar-refractivity contribution in [2.24, 2.45) is 5.92 Å². The van der Waals surface area contributed by atoms with Crippen LogP contribution in [0.1, 0.15) is 42.2 Å². The molecule has 3 rings (SSSR count). The molecule has 26 heavy (non-hydrogen) atoms. The monoisotopic (exact) mass is 351 g/mol. The van der Waals surface area contributed by atoms with E-state index in [0.29, 0.717) is 22.4 Å². The smallest absolute Gasteiger partial charge is 0.270 e. The van der Waals surface area contributed by atoms with Crippen molar-refractivity contribution in [1.29, 1.82) is 0 Å². The van der Waals surface area contributed by atoms with Crippen LogP contribution in [0.5, 0.6) is 0 Å². The Bertz CT molecular complexity index is 932. The number of nitrogens with zero attached hydrogens (tertiary/aromatic N) is 1. The fraction of sp³-hybridized carbons (Fsp3) is 0.250. The number of amides is 1. The first-order valence-electron chi connectivity index (χ1n) is 8.57. The normalized spacial score (nSPS) is 12.3. The van der Waals surface area contributed by atoms with Crippen LogP contribution in [0, 0.1) is 16.0 Å². The molecule has 0 aliphatic rings. The summed E-state index contributed by atoms with van der Waals surface area (Å²) >= 11 is 0. The molecule has 1 aromatic heterocycles. The Kier molecular flexibility index (Phi) is 5.02.